The number of nitrogens with one attached hydrogen (secondary N) is 1. The number of hydrogen-bond donors (Lipinski definition) is 1. The van der Waals surface area contributed by atoms with E-state index in [0.717, 1.165) is 21.9 Å². The summed E-state index contributed by atoms with van der Waals surface area (Å²) >= 11 is 13.0. The lowest BCUT2D eigenvalue weighted by Crippen LogP contribution is -2.13. The second kappa shape index (κ2) is 9.68. The third-order valence-electron chi connectivity index (χ3n) is 2.45. The second-order valence-corrected chi connectivity index (χ2v) is 7.50. The molecule has 98 valence electrons. The molecular formula is C12H19BrClNS2. The minimum atomic E-state index is 0.846. The quantitative estimate of drug-likeness (QED) is 0.612. The van der Waals surface area contributed by atoms with Crippen LogP contribution in [-0.4, -0.2) is 18.6 Å². The fraction of sp³-hybridized carbons (Fsp3) is 0.667. The van der Waals surface area contributed by atoms with E-state index in [2.05, 4.69) is 33.6 Å². The van der Waals surface area contributed by atoms with Gasteiger partial charge in [-0.15, -0.1) is 11.3 Å². The number of thioether (sulfide) groups is 1. The van der Waals surface area contributed by atoms with Crippen molar-refractivity contribution in [3.63, 3.8) is 0 Å². The molecule has 0 bridgehead atoms. The predicted octanol–water partition coefficient (Wildman–Crippen LogP) is 5.18. The molecule has 1 aromatic heterocycles. The van der Waals surface area contributed by atoms with Gasteiger partial charge in [-0.2, -0.15) is 11.8 Å². The van der Waals surface area contributed by atoms with E-state index < -0.39 is 0 Å². The Hall–Kier alpha value is 0.780. The molecule has 0 aliphatic carbocycles. The highest BCUT2D eigenvalue weighted by Crippen LogP contribution is 2.31. The Morgan fingerprint density at radius 3 is 2.76 bits per heavy atom. The molecule has 5 heteroatoms. The van der Waals surface area contributed by atoms with Gasteiger partial charge < -0.3 is 5.32 Å². The van der Waals surface area contributed by atoms with Crippen molar-refractivity contribution in [2.75, 3.05) is 18.6 Å². The summed E-state index contributed by atoms with van der Waals surface area (Å²) in [6, 6.07) is 2.10. The van der Waals surface area contributed by atoms with Crippen molar-refractivity contribution in [3.05, 3.63) is 19.8 Å². The van der Waals surface area contributed by atoms with Crippen LogP contribution in [0, 0.1) is 0 Å². The van der Waals surface area contributed by atoms with Crippen LogP contribution in [0.15, 0.2) is 10.5 Å². The largest absolute Gasteiger partial charge is 0.312 e. The van der Waals surface area contributed by atoms with Gasteiger partial charge in [0.15, 0.2) is 0 Å². The second-order valence-electron chi connectivity index (χ2n) is 3.92. The topological polar surface area (TPSA) is 12.0 Å². The van der Waals surface area contributed by atoms with Gasteiger partial charge in [-0.05, 0) is 53.4 Å². The SMILES string of the molecule is CSCCCCCCNCc1cc(Br)c(Cl)s1. The summed E-state index contributed by atoms with van der Waals surface area (Å²) in [6.07, 6.45) is 7.50. The Morgan fingerprint density at radius 1 is 1.35 bits per heavy atom. The van der Waals surface area contributed by atoms with Crippen LogP contribution in [0.5, 0.6) is 0 Å². The van der Waals surface area contributed by atoms with E-state index in [1.54, 1.807) is 11.3 Å². The predicted molar refractivity (Wildman–Crippen MR) is 85.6 cm³/mol. The maximum absolute atomic E-state index is 5.98. The Bertz CT molecular complexity index is 298. The molecule has 1 N–H and O–H groups in total. The summed E-state index contributed by atoms with van der Waals surface area (Å²) in [4.78, 5) is 1.30. The summed E-state index contributed by atoms with van der Waals surface area (Å²) < 4.78 is 1.86. The molecule has 0 radical (unpaired) electrons. The molecule has 0 saturated carbocycles. The van der Waals surface area contributed by atoms with E-state index in [4.69, 9.17) is 11.6 Å². The van der Waals surface area contributed by atoms with Gasteiger partial charge >= 0.3 is 0 Å². The molecule has 0 fully saturated rings. The van der Waals surface area contributed by atoms with Gasteiger partial charge in [0.1, 0.15) is 4.34 Å². The molecular weight excluding hydrogens is 338 g/mol. The minimum absolute atomic E-state index is 0.846. The van der Waals surface area contributed by atoms with Gasteiger partial charge in [-0.3, -0.25) is 0 Å². The molecule has 0 aliphatic rings. The van der Waals surface area contributed by atoms with E-state index in [1.807, 2.05) is 11.8 Å². The van der Waals surface area contributed by atoms with E-state index in [9.17, 15) is 0 Å². The highest BCUT2D eigenvalue weighted by atomic mass is 79.9. The Morgan fingerprint density at radius 2 is 2.12 bits per heavy atom. The maximum atomic E-state index is 5.98. The van der Waals surface area contributed by atoms with Crippen molar-refractivity contribution < 1.29 is 0 Å². The smallest absolute Gasteiger partial charge is 0.107 e. The number of rotatable bonds is 9. The summed E-state index contributed by atoms with van der Waals surface area (Å²) in [6.45, 7) is 2.03. The van der Waals surface area contributed by atoms with Gasteiger partial charge in [0.2, 0.25) is 0 Å². The molecule has 1 heterocycles. The van der Waals surface area contributed by atoms with E-state index in [-0.39, 0.29) is 0 Å². The lowest BCUT2D eigenvalue weighted by Gasteiger charge is -2.02. The highest BCUT2D eigenvalue weighted by Gasteiger charge is 2.03. The van der Waals surface area contributed by atoms with Gasteiger partial charge in [-0.25, -0.2) is 0 Å². The van der Waals surface area contributed by atoms with Crippen molar-refractivity contribution >= 4 is 50.6 Å². The fourth-order valence-electron chi connectivity index (χ4n) is 1.54. The number of hydrogen-bond acceptors (Lipinski definition) is 3. The molecule has 1 rings (SSSR count). The van der Waals surface area contributed by atoms with Gasteiger partial charge in [0.05, 0.1) is 0 Å². The zero-order chi connectivity index (χ0) is 12.5. The molecule has 1 nitrogen and oxygen atoms in total. The van der Waals surface area contributed by atoms with Gasteiger partial charge in [0, 0.05) is 15.9 Å². The van der Waals surface area contributed by atoms with Gasteiger partial charge in [-0.1, -0.05) is 24.4 Å². The normalized spacial score (nSPS) is 11.0. The number of thiophene rings is 1. The molecule has 1 aromatic rings. The van der Waals surface area contributed by atoms with E-state index in [1.165, 1.54) is 36.3 Å². The molecule has 0 spiro atoms. The maximum Gasteiger partial charge on any atom is 0.107 e. The average Bonchev–Trinajstić information content (AvgIpc) is 2.62. The molecule has 0 aromatic carbocycles. The average molecular weight is 357 g/mol. The molecule has 17 heavy (non-hydrogen) atoms. The first-order chi connectivity index (χ1) is 8.24. The van der Waals surface area contributed by atoms with E-state index in [0.29, 0.717) is 0 Å². The van der Waals surface area contributed by atoms with Crippen LogP contribution in [-0.2, 0) is 6.54 Å². The van der Waals surface area contributed by atoms with Crippen molar-refractivity contribution in [2.45, 2.75) is 32.2 Å². The zero-order valence-electron chi connectivity index (χ0n) is 10.1. The van der Waals surface area contributed by atoms with Crippen LogP contribution in [0.2, 0.25) is 4.34 Å². The van der Waals surface area contributed by atoms with Crippen LogP contribution in [0.4, 0.5) is 0 Å². The van der Waals surface area contributed by atoms with Crippen LogP contribution < -0.4 is 5.32 Å². The molecule has 0 aliphatic heterocycles. The molecule has 0 saturated heterocycles. The molecule has 0 unspecified atom stereocenters. The van der Waals surface area contributed by atoms with Crippen LogP contribution in [0.25, 0.3) is 0 Å². The standard InChI is InChI=1S/C12H19BrClNS2/c1-16-7-5-3-2-4-6-15-9-10-8-11(13)12(14)17-10/h8,15H,2-7,9H2,1H3. The summed E-state index contributed by atoms with van der Waals surface area (Å²) in [5, 5.41) is 3.46. The Balaban J connectivity index is 1.97. The number of halogens is 2. The first-order valence-electron chi connectivity index (χ1n) is 5.87. The zero-order valence-corrected chi connectivity index (χ0v) is 14.1. The first-order valence-corrected chi connectivity index (χ1v) is 9.25. The van der Waals surface area contributed by atoms with Gasteiger partial charge in [0.25, 0.3) is 0 Å². The van der Waals surface area contributed by atoms with Crippen molar-refractivity contribution in [1.29, 1.82) is 0 Å². The van der Waals surface area contributed by atoms with Crippen molar-refractivity contribution in [3.8, 4) is 0 Å². The van der Waals surface area contributed by atoms with Crippen molar-refractivity contribution in [2.24, 2.45) is 0 Å². The molecule has 0 atom stereocenters. The number of unbranched alkanes of at least 4 members (excludes halogenated alkanes) is 3. The monoisotopic (exact) mass is 355 g/mol. The summed E-state index contributed by atoms with van der Waals surface area (Å²) in [5.41, 5.74) is 0. The summed E-state index contributed by atoms with van der Waals surface area (Å²) in [5.74, 6) is 1.30. The van der Waals surface area contributed by atoms with Crippen LogP contribution in [0.1, 0.15) is 30.6 Å². The van der Waals surface area contributed by atoms with Crippen LogP contribution >= 0.6 is 50.6 Å². The van der Waals surface area contributed by atoms with E-state index >= 15 is 0 Å². The lowest BCUT2D eigenvalue weighted by molar-refractivity contribution is 0.602. The third-order valence-corrected chi connectivity index (χ3v) is 5.62. The van der Waals surface area contributed by atoms with Crippen molar-refractivity contribution in [1.82, 2.24) is 5.32 Å². The van der Waals surface area contributed by atoms with Crippen LogP contribution in [0.3, 0.4) is 0 Å². The Labute approximate surface area is 126 Å². The highest BCUT2D eigenvalue weighted by molar-refractivity contribution is 9.10. The fourth-order valence-corrected chi connectivity index (χ4v) is 3.79. The lowest BCUT2D eigenvalue weighted by atomic mass is 10.2. The molecule has 0 amide bonds. The summed E-state index contributed by atoms with van der Waals surface area (Å²) in [7, 11) is 0. The first kappa shape index (κ1) is 15.8. The minimum Gasteiger partial charge on any atom is -0.312 e. The third kappa shape index (κ3) is 7.06. The Kier molecular flexibility index (Phi) is 9.01.